The smallest absolute Gasteiger partial charge is 0.110 e. The van der Waals surface area contributed by atoms with Crippen LogP contribution in [0, 0.1) is 0 Å². The number of aromatic nitrogens is 2. The van der Waals surface area contributed by atoms with Crippen LogP contribution in [0.3, 0.4) is 0 Å². The maximum Gasteiger partial charge on any atom is 0.110 e. The van der Waals surface area contributed by atoms with E-state index in [1.807, 2.05) is 0 Å². The summed E-state index contributed by atoms with van der Waals surface area (Å²) in [5.74, 6) is 1.88. The van der Waals surface area contributed by atoms with E-state index in [0.29, 0.717) is 5.92 Å². The van der Waals surface area contributed by atoms with E-state index in [0.717, 1.165) is 12.1 Å². The molecule has 0 spiro atoms. The third kappa shape index (κ3) is 1.57. The molecule has 1 unspecified atom stereocenters. The highest BCUT2D eigenvalue weighted by atomic mass is 15.0. The van der Waals surface area contributed by atoms with Crippen LogP contribution in [-0.2, 0) is 5.54 Å². The number of hydrogen-bond donors (Lipinski definition) is 2. The summed E-state index contributed by atoms with van der Waals surface area (Å²) in [5.41, 5.74) is 3.85. The van der Waals surface area contributed by atoms with E-state index in [1.165, 1.54) is 42.6 Å². The number of rotatable bonds is 2. The Morgan fingerprint density at radius 3 is 2.94 bits per heavy atom. The van der Waals surface area contributed by atoms with Crippen molar-refractivity contribution in [3.05, 3.63) is 29.6 Å². The average Bonchev–Trinajstić information content (AvgIpc) is 2.99. The second-order valence-electron chi connectivity index (χ2n) is 5.99. The highest BCUT2D eigenvalue weighted by Crippen LogP contribution is 2.39. The molecule has 3 nitrogen and oxygen atoms in total. The summed E-state index contributed by atoms with van der Waals surface area (Å²) < 4.78 is 0. The molecule has 1 aliphatic carbocycles. The Kier molecular flexibility index (Phi) is 2.10. The molecule has 1 atom stereocenters. The van der Waals surface area contributed by atoms with E-state index in [-0.39, 0.29) is 5.54 Å². The van der Waals surface area contributed by atoms with Crippen molar-refractivity contribution in [2.24, 2.45) is 0 Å². The van der Waals surface area contributed by atoms with E-state index in [4.69, 9.17) is 0 Å². The van der Waals surface area contributed by atoms with Gasteiger partial charge in [0.25, 0.3) is 0 Å². The van der Waals surface area contributed by atoms with Crippen LogP contribution in [0.15, 0.2) is 18.2 Å². The number of imidazole rings is 1. The van der Waals surface area contributed by atoms with Crippen LogP contribution in [0.25, 0.3) is 11.0 Å². The van der Waals surface area contributed by atoms with Gasteiger partial charge in [0.1, 0.15) is 5.82 Å². The average molecular weight is 241 g/mol. The summed E-state index contributed by atoms with van der Waals surface area (Å²) in [6.07, 6.45) is 5.09. The van der Waals surface area contributed by atoms with Crippen LogP contribution >= 0.6 is 0 Å². The van der Waals surface area contributed by atoms with Gasteiger partial charge in [0.15, 0.2) is 0 Å². The molecule has 0 radical (unpaired) electrons. The van der Waals surface area contributed by atoms with E-state index in [1.54, 1.807) is 0 Å². The van der Waals surface area contributed by atoms with Gasteiger partial charge in [0, 0.05) is 11.5 Å². The lowest BCUT2D eigenvalue weighted by Crippen LogP contribution is -2.32. The minimum atomic E-state index is 0.152. The van der Waals surface area contributed by atoms with Gasteiger partial charge in [-0.2, -0.15) is 0 Å². The maximum absolute atomic E-state index is 4.69. The molecular formula is C15H19N3. The Morgan fingerprint density at radius 1 is 1.33 bits per heavy atom. The van der Waals surface area contributed by atoms with Gasteiger partial charge >= 0.3 is 0 Å². The van der Waals surface area contributed by atoms with Gasteiger partial charge < -0.3 is 10.3 Å². The number of nitrogens with one attached hydrogen (secondary N) is 2. The Bertz CT molecular complexity index is 589. The zero-order valence-electron chi connectivity index (χ0n) is 10.8. The van der Waals surface area contributed by atoms with Crippen molar-refractivity contribution in [2.45, 2.75) is 44.1 Å². The Morgan fingerprint density at radius 2 is 2.22 bits per heavy atom. The fourth-order valence-electron chi connectivity index (χ4n) is 3.06. The summed E-state index contributed by atoms with van der Waals surface area (Å²) in [7, 11) is 0. The fourth-order valence-corrected chi connectivity index (χ4v) is 3.06. The van der Waals surface area contributed by atoms with Crippen LogP contribution in [0.1, 0.15) is 49.9 Å². The molecule has 1 saturated carbocycles. The standard InChI is InChI=1S/C15H19N3/c1-15(7-2-8-16-15)11-5-6-12-13(9-11)18-14(17-12)10-3-4-10/h5-6,9-10,16H,2-4,7-8H2,1H3,(H,17,18). The highest BCUT2D eigenvalue weighted by molar-refractivity contribution is 5.76. The van der Waals surface area contributed by atoms with Gasteiger partial charge in [-0.15, -0.1) is 0 Å². The Labute approximate surface area is 107 Å². The lowest BCUT2D eigenvalue weighted by Gasteiger charge is -2.24. The van der Waals surface area contributed by atoms with Crippen LogP contribution in [0.4, 0.5) is 0 Å². The Hall–Kier alpha value is -1.35. The molecule has 2 aliphatic rings. The first kappa shape index (κ1) is 10.6. The summed E-state index contributed by atoms with van der Waals surface area (Å²) in [4.78, 5) is 8.19. The highest BCUT2D eigenvalue weighted by Gasteiger charge is 2.31. The minimum absolute atomic E-state index is 0.152. The zero-order chi connectivity index (χ0) is 12.2. The molecule has 1 saturated heterocycles. The number of aromatic amines is 1. The molecule has 2 fully saturated rings. The van der Waals surface area contributed by atoms with E-state index < -0.39 is 0 Å². The van der Waals surface area contributed by atoms with Gasteiger partial charge in [0.2, 0.25) is 0 Å². The lowest BCUT2D eigenvalue weighted by atomic mass is 9.90. The van der Waals surface area contributed by atoms with Gasteiger partial charge in [-0.3, -0.25) is 0 Å². The fraction of sp³-hybridized carbons (Fsp3) is 0.533. The number of H-pyrrole nitrogens is 1. The zero-order valence-corrected chi connectivity index (χ0v) is 10.8. The number of nitrogens with zero attached hydrogens (tertiary/aromatic N) is 1. The molecule has 1 aliphatic heterocycles. The summed E-state index contributed by atoms with van der Waals surface area (Å²) in [6.45, 7) is 3.43. The summed E-state index contributed by atoms with van der Waals surface area (Å²) >= 11 is 0. The molecule has 2 N–H and O–H groups in total. The monoisotopic (exact) mass is 241 g/mol. The van der Waals surface area contributed by atoms with E-state index >= 15 is 0 Å². The maximum atomic E-state index is 4.69. The van der Waals surface area contributed by atoms with Crippen molar-refractivity contribution in [2.75, 3.05) is 6.54 Å². The normalized spacial score (nSPS) is 28.1. The third-order valence-corrected chi connectivity index (χ3v) is 4.47. The molecule has 4 rings (SSSR count). The molecule has 0 amide bonds. The second-order valence-corrected chi connectivity index (χ2v) is 5.99. The number of fused-ring (bicyclic) bond motifs is 1. The van der Waals surface area contributed by atoms with E-state index in [9.17, 15) is 0 Å². The van der Waals surface area contributed by atoms with Gasteiger partial charge in [0.05, 0.1) is 11.0 Å². The molecule has 1 aromatic carbocycles. The summed E-state index contributed by atoms with van der Waals surface area (Å²) in [5, 5.41) is 3.62. The quantitative estimate of drug-likeness (QED) is 0.848. The van der Waals surface area contributed by atoms with Crippen LogP contribution in [-0.4, -0.2) is 16.5 Å². The first-order chi connectivity index (χ1) is 8.74. The summed E-state index contributed by atoms with van der Waals surface area (Å²) in [6, 6.07) is 6.68. The van der Waals surface area contributed by atoms with Crippen molar-refractivity contribution < 1.29 is 0 Å². The van der Waals surface area contributed by atoms with Crippen LogP contribution in [0.5, 0.6) is 0 Å². The van der Waals surface area contributed by atoms with Crippen molar-refractivity contribution in [1.29, 1.82) is 0 Å². The number of hydrogen-bond acceptors (Lipinski definition) is 2. The lowest BCUT2D eigenvalue weighted by molar-refractivity contribution is 0.435. The topological polar surface area (TPSA) is 40.7 Å². The van der Waals surface area contributed by atoms with Crippen molar-refractivity contribution in [3.63, 3.8) is 0 Å². The molecule has 0 bridgehead atoms. The minimum Gasteiger partial charge on any atom is -0.342 e. The molecule has 2 heterocycles. The van der Waals surface area contributed by atoms with Gasteiger partial charge in [-0.1, -0.05) is 6.07 Å². The van der Waals surface area contributed by atoms with E-state index in [2.05, 4.69) is 40.4 Å². The molecule has 3 heteroatoms. The molecule has 18 heavy (non-hydrogen) atoms. The second kappa shape index (κ2) is 3.58. The largest absolute Gasteiger partial charge is 0.342 e. The molecular weight excluding hydrogens is 222 g/mol. The first-order valence-electron chi connectivity index (χ1n) is 7.00. The molecule has 1 aromatic heterocycles. The molecule has 2 aromatic rings. The predicted molar refractivity (Wildman–Crippen MR) is 72.7 cm³/mol. The van der Waals surface area contributed by atoms with Crippen LogP contribution < -0.4 is 5.32 Å². The molecule has 94 valence electrons. The SMILES string of the molecule is CC1(c2ccc3nc(C4CC4)[nH]c3c2)CCCN1. The Balaban J connectivity index is 1.78. The third-order valence-electron chi connectivity index (χ3n) is 4.47. The van der Waals surface area contributed by atoms with Crippen molar-refractivity contribution >= 4 is 11.0 Å². The first-order valence-corrected chi connectivity index (χ1v) is 7.00. The number of benzene rings is 1. The van der Waals surface area contributed by atoms with Gasteiger partial charge in [-0.05, 0) is 56.8 Å². The van der Waals surface area contributed by atoms with Crippen molar-refractivity contribution in [1.82, 2.24) is 15.3 Å². The van der Waals surface area contributed by atoms with Crippen molar-refractivity contribution in [3.8, 4) is 0 Å². The van der Waals surface area contributed by atoms with Crippen LogP contribution in [0.2, 0.25) is 0 Å². The van der Waals surface area contributed by atoms with Gasteiger partial charge in [-0.25, -0.2) is 4.98 Å². The predicted octanol–water partition coefficient (Wildman–Crippen LogP) is 3.04.